The Morgan fingerprint density at radius 3 is 2.68 bits per heavy atom. The number of ether oxygens (including phenoxy) is 1. The van der Waals surface area contributed by atoms with Gasteiger partial charge < -0.3 is 10.1 Å². The van der Waals surface area contributed by atoms with Crippen molar-refractivity contribution < 1.29 is 9.53 Å². The standard InChI is InChI=1S/C16H27NO2/c1-5-15-7-11-6-12(9-15)16(8-11,10-15)17-13(18)19-14(2,3)4/h11-12H,5-10H2,1-4H3,(H,17,18). The minimum Gasteiger partial charge on any atom is -0.444 e. The third-order valence-corrected chi connectivity index (χ3v) is 5.64. The first-order valence-corrected chi connectivity index (χ1v) is 7.77. The zero-order valence-electron chi connectivity index (χ0n) is 12.7. The zero-order chi connectivity index (χ0) is 13.9. The Labute approximate surface area is 116 Å². The molecule has 0 aromatic carbocycles. The lowest BCUT2D eigenvalue weighted by Crippen LogP contribution is -2.51. The van der Waals surface area contributed by atoms with Gasteiger partial charge in [-0.05, 0) is 70.1 Å². The number of hydrogen-bond acceptors (Lipinski definition) is 2. The van der Waals surface area contributed by atoms with E-state index in [0.29, 0.717) is 11.3 Å². The fourth-order valence-electron chi connectivity index (χ4n) is 5.19. The highest BCUT2D eigenvalue weighted by atomic mass is 16.6. The fraction of sp³-hybridized carbons (Fsp3) is 0.938. The molecule has 1 amide bonds. The van der Waals surface area contributed by atoms with E-state index in [2.05, 4.69) is 12.2 Å². The second-order valence-corrected chi connectivity index (χ2v) is 8.22. The van der Waals surface area contributed by atoms with Crippen LogP contribution in [0.15, 0.2) is 0 Å². The molecule has 0 saturated heterocycles. The van der Waals surface area contributed by atoms with Crippen molar-refractivity contribution in [2.45, 2.75) is 77.4 Å². The van der Waals surface area contributed by atoms with Crippen LogP contribution < -0.4 is 5.32 Å². The Kier molecular flexibility index (Phi) is 2.72. The number of amides is 1. The molecule has 0 spiro atoms. The molecule has 4 unspecified atom stereocenters. The molecule has 4 aliphatic rings. The van der Waals surface area contributed by atoms with Crippen molar-refractivity contribution >= 4 is 6.09 Å². The zero-order valence-corrected chi connectivity index (χ0v) is 12.7. The van der Waals surface area contributed by atoms with Crippen molar-refractivity contribution in [2.75, 3.05) is 0 Å². The van der Waals surface area contributed by atoms with Crippen LogP contribution in [0.3, 0.4) is 0 Å². The van der Waals surface area contributed by atoms with E-state index in [4.69, 9.17) is 4.74 Å². The van der Waals surface area contributed by atoms with Gasteiger partial charge in [-0.3, -0.25) is 0 Å². The normalized spacial score (nSPS) is 43.6. The SMILES string of the molecule is CCC12CC3CC(C1)C(NC(=O)OC(C)(C)C)(C3)C2. The highest BCUT2D eigenvalue weighted by molar-refractivity contribution is 5.69. The smallest absolute Gasteiger partial charge is 0.408 e. The van der Waals surface area contributed by atoms with Gasteiger partial charge in [-0.2, -0.15) is 0 Å². The Morgan fingerprint density at radius 1 is 1.32 bits per heavy atom. The van der Waals surface area contributed by atoms with E-state index >= 15 is 0 Å². The maximum absolute atomic E-state index is 12.1. The van der Waals surface area contributed by atoms with Crippen molar-refractivity contribution in [3.63, 3.8) is 0 Å². The lowest BCUT2D eigenvalue weighted by molar-refractivity contribution is 0.0409. The second kappa shape index (κ2) is 3.89. The molecular weight excluding hydrogens is 238 g/mol. The number of alkyl carbamates (subject to hydrolysis) is 1. The molecule has 4 aliphatic carbocycles. The Morgan fingerprint density at radius 2 is 2.05 bits per heavy atom. The third kappa shape index (κ3) is 2.15. The van der Waals surface area contributed by atoms with Crippen molar-refractivity contribution in [3.05, 3.63) is 0 Å². The van der Waals surface area contributed by atoms with E-state index in [0.717, 1.165) is 5.92 Å². The molecule has 3 heteroatoms. The van der Waals surface area contributed by atoms with Gasteiger partial charge in [0.2, 0.25) is 0 Å². The molecule has 0 radical (unpaired) electrons. The molecule has 1 N–H and O–H groups in total. The maximum atomic E-state index is 12.1. The molecular formula is C16H27NO2. The number of carbonyl (C=O) groups excluding carboxylic acids is 1. The summed E-state index contributed by atoms with van der Waals surface area (Å²) < 4.78 is 5.47. The Hall–Kier alpha value is -0.730. The van der Waals surface area contributed by atoms with Crippen LogP contribution in [0.1, 0.15) is 66.2 Å². The van der Waals surface area contributed by atoms with Crippen LogP contribution in [0.25, 0.3) is 0 Å². The average molecular weight is 265 g/mol. The fourth-order valence-corrected chi connectivity index (χ4v) is 5.19. The van der Waals surface area contributed by atoms with E-state index in [-0.39, 0.29) is 11.6 Å². The summed E-state index contributed by atoms with van der Waals surface area (Å²) >= 11 is 0. The minimum absolute atomic E-state index is 0.0568. The van der Waals surface area contributed by atoms with E-state index in [9.17, 15) is 4.79 Å². The number of carbonyl (C=O) groups is 1. The summed E-state index contributed by atoms with van der Waals surface area (Å²) in [6.45, 7) is 8.09. The highest BCUT2D eigenvalue weighted by Crippen LogP contribution is 2.67. The summed E-state index contributed by atoms with van der Waals surface area (Å²) in [5, 5.41) is 3.27. The third-order valence-electron chi connectivity index (χ3n) is 5.64. The molecule has 3 nitrogen and oxygen atoms in total. The van der Waals surface area contributed by atoms with Gasteiger partial charge in [0.25, 0.3) is 0 Å². The largest absolute Gasteiger partial charge is 0.444 e. The van der Waals surface area contributed by atoms with Crippen LogP contribution in [0.4, 0.5) is 4.79 Å². The Balaban J connectivity index is 1.73. The van der Waals surface area contributed by atoms with Crippen molar-refractivity contribution in [1.29, 1.82) is 0 Å². The summed E-state index contributed by atoms with van der Waals surface area (Å²) in [4.78, 5) is 12.1. The first kappa shape index (κ1) is 13.3. The van der Waals surface area contributed by atoms with Crippen LogP contribution >= 0.6 is 0 Å². The van der Waals surface area contributed by atoms with Gasteiger partial charge in [-0.15, -0.1) is 0 Å². The highest BCUT2D eigenvalue weighted by Gasteiger charge is 2.63. The number of hydrogen-bond donors (Lipinski definition) is 1. The van der Waals surface area contributed by atoms with Crippen LogP contribution in [-0.2, 0) is 4.74 Å². The van der Waals surface area contributed by atoms with Crippen LogP contribution in [0.2, 0.25) is 0 Å². The topological polar surface area (TPSA) is 38.3 Å². The molecule has 108 valence electrons. The van der Waals surface area contributed by atoms with Gasteiger partial charge in [-0.1, -0.05) is 13.3 Å². The van der Waals surface area contributed by atoms with E-state index < -0.39 is 5.60 Å². The molecule has 19 heavy (non-hydrogen) atoms. The summed E-state index contributed by atoms with van der Waals surface area (Å²) in [5.74, 6) is 1.53. The van der Waals surface area contributed by atoms with E-state index in [1.54, 1.807) is 0 Å². The molecule has 4 atom stereocenters. The predicted octanol–water partition coefficient (Wildman–Crippen LogP) is 3.87. The molecule has 0 aromatic heterocycles. The van der Waals surface area contributed by atoms with E-state index in [1.807, 2.05) is 20.8 Å². The van der Waals surface area contributed by atoms with Crippen molar-refractivity contribution in [3.8, 4) is 0 Å². The van der Waals surface area contributed by atoms with Gasteiger partial charge in [0.1, 0.15) is 5.60 Å². The lowest BCUT2D eigenvalue weighted by atomic mass is 9.67. The monoisotopic (exact) mass is 265 g/mol. The molecule has 0 heterocycles. The Bertz CT molecular complexity index is 400. The second-order valence-electron chi connectivity index (χ2n) is 8.22. The molecule has 0 aromatic rings. The predicted molar refractivity (Wildman–Crippen MR) is 74.9 cm³/mol. The van der Waals surface area contributed by atoms with Gasteiger partial charge in [0, 0.05) is 5.54 Å². The lowest BCUT2D eigenvalue weighted by Gasteiger charge is -2.40. The van der Waals surface area contributed by atoms with Gasteiger partial charge in [0.15, 0.2) is 0 Å². The quantitative estimate of drug-likeness (QED) is 0.823. The molecule has 4 saturated carbocycles. The molecule has 4 bridgehead atoms. The average Bonchev–Trinajstić information content (AvgIpc) is 2.58. The van der Waals surface area contributed by atoms with E-state index in [1.165, 1.54) is 38.5 Å². The van der Waals surface area contributed by atoms with Gasteiger partial charge in [-0.25, -0.2) is 4.79 Å². The number of rotatable bonds is 2. The minimum atomic E-state index is -0.404. The summed E-state index contributed by atoms with van der Waals surface area (Å²) in [5.41, 5.74) is 0.168. The van der Waals surface area contributed by atoms with Crippen molar-refractivity contribution in [1.82, 2.24) is 5.32 Å². The van der Waals surface area contributed by atoms with Gasteiger partial charge >= 0.3 is 6.09 Å². The summed E-state index contributed by atoms with van der Waals surface area (Å²) in [7, 11) is 0. The first-order chi connectivity index (χ1) is 8.76. The van der Waals surface area contributed by atoms with Crippen LogP contribution in [-0.4, -0.2) is 17.2 Å². The van der Waals surface area contributed by atoms with Crippen LogP contribution in [0, 0.1) is 17.3 Å². The number of nitrogens with one attached hydrogen (secondary N) is 1. The first-order valence-electron chi connectivity index (χ1n) is 7.77. The molecule has 0 aliphatic heterocycles. The summed E-state index contributed by atoms with van der Waals surface area (Å²) in [6, 6.07) is 0. The summed E-state index contributed by atoms with van der Waals surface area (Å²) in [6.07, 6.45) is 7.42. The maximum Gasteiger partial charge on any atom is 0.408 e. The molecule has 4 rings (SSSR count). The van der Waals surface area contributed by atoms with Crippen LogP contribution in [0.5, 0.6) is 0 Å². The van der Waals surface area contributed by atoms with Gasteiger partial charge in [0.05, 0.1) is 0 Å². The van der Waals surface area contributed by atoms with Crippen molar-refractivity contribution in [2.24, 2.45) is 17.3 Å². The molecule has 4 fully saturated rings.